The van der Waals surface area contributed by atoms with Crippen molar-refractivity contribution < 1.29 is 19.1 Å². The fourth-order valence-electron chi connectivity index (χ4n) is 5.93. The molecule has 3 fully saturated rings. The van der Waals surface area contributed by atoms with Gasteiger partial charge >= 0.3 is 0 Å². The first-order valence-corrected chi connectivity index (χ1v) is 12.9. The number of carbonyl (C=O) groups excluding carboxylic acids is 3. The van der Waals surface area contributed by atoms with E-state index in [0.717, 1.165) is 55.8 Å². The van der Waals surface area contributed by atoms with Crippen LogP contribution in [0, 0.1) is 10.8 Å². The van der Waals surface area contributed by atoms with Crippen molar-refractivity contribution in [1.29, 1.82) is 5.41 Å². The second kappa shape index (κ2) is 9.17. The lowest BCUT2D eigenvalue weighted by Crippen LogP contribution is -2.52. The number of hydrogen-bond donors (Lipinski definition) is 4. The van der Waals surface area contributed by atoms with Crippen LogP contribution >= 0.6 is 0 Å². The number of nitrogens with two attached hydrogens (primary N) is 2. The largest absolute Gasteiger partial charge is 0.397 e. The quantitative estimate of drug-likeness (QED) is 0.259. The molecule has 1 aromatic carbocycles. The van der Waals surface area contributed by atoms with E-state index in [0.29, 0.717) is 35.3 Å². The zero-order valence-electron chi connectivity index (χ0n) is 21.1. The summed E-state index contributed by atoms with van der Waals surface area (Å²) < 4.78 is 5.44. The average Bonchev–Trinajstić information content (AvgIpc) is 3.20. The van der Waals surface area contributed by atoms with Crippen molar-refractivity contribution in [3.8, 4) is 11.3 Å². The van der Waals surface area contributed by atoms with E-state index >= 15 is 0 Å². The Kier molecular flexibility index (Phi) is 5.92. The lowest BCUT2D eigenvalue weighted by Gasteiger charge is -2.47. The van der Waals surface area contributed by atoms with Crippen molar-refractivity contribution in [1.82, 2.24) is 20.1 Å². The summed E-state index contributed by atoms with van der Waals surface area (Å²) in [5.41, 5.74) is 16.8. The number of benzene rings is 1. The fourth-order valence-corrected chi connectivity index (χ4v) is 5.93. The summed E-state index contributed by atoms with van der Waals surface area (Å²) >= 11 is 0. The summed E-state index contributed by atoms with van der Waals surface area (Å²) in [7, 11) is 0. The van der Waals surface area contributed by atoms with Gasteiger partial charge in [-0.25, -0.2) is 4.98 Å². The Balaban J connectivity index is 1.26. The number of amides is 3. The highest BCUT2D eigenvalue weighted by Crippen LogP contribution is 2.39. The van der Waals surface area contributed by atoms with Crippen molar-refractivity contribution in [2.45, 2.75) is 44.8 Å². The molecule has 5 heterocycles. The Bertz CT molecular complexity index is 1360. The molecule has 0 radical (unpaired) electrons. The summed E-state index contributed by atoms with van der Waals surface area (Å²) in [4.78, 5) is 45.5. The first-order chi connectivity index (χ1) is 18.2. The minimum absolute atomic E-state index is 0.199. The first kappa shape index (κ1) is 24.5. The number of hydrogen-bond acceptors (Lipinski definition) is 8. The smallest absolute Gasteiger partial charge is 0.255 e. The van der Waals surface area contributed by atoms with Gasteiger partial charge < -0.3 is 21.1 Å². The molecule has 1 atom stereocenters. The summed E-state index contributed by atoms with van der Waals surface area (Å²) in [6, 6.07) is 6.73. The van der Waals surface area contributed by atoms with E-state index < -0.39 is 11.9 Å². The molecule has 11 nitrogen and oxygen atoms in total. The van der Waals surface area contributed by atoms with Crippen LogP contribution in [0.5, 0.6) is 0 Å². The molecule has 198 valence electrons. The van der Waals surface area contributed by atoms with Crippen LogP contribution in [0.15, 0.2) is 24.3 Å². The highest BCUT2D eigenvalue weighted by atomic mass is 16.5. The van der Waals surface area contributed by atoms with Crippen LogP contribution in [0.4, 0.5) is 5.69 Å². The maximum atomic E-state index is 13.1. The third kappa shape index (κ3) is 4.21. The Hall–Kier alpha value is -3.83. The van der Waals surface area contributed by atoms with Gasteiger partial charge in [0, 0.05) is 36.1 Å². The van der Waals surface area contributed by atoms with Crippen LogP contribution in [-0.4, -0.2) is 70.7 Å². The molecule has 2 aromatic rings. The Morgan fingerprint density at radius 2 is 1.95 bits per heavy atom. The van der Waals surface area contributed by atoms with Gasteiger partial charge in [-0.2, -0.15) is 0 Å². The average molecular weight is 518 g/mol. The SMILES string of the molecule is N=C(N)c1nc(-c2ccc3c(c2)CN(C2CCC(=O)NC2=O)C3=O)cc(CN2CCC3(CC2)COC3)c1N. The molecule has 0 aliphatic carbocycles. The molecule has 38 heavy (non-hydrogen) atoms. The number of nitrogen functional groups attached to an aromatic ring is 2. The normalized spacial score (nSPS) is 22.8. The summed E-state index contributed by atoms with van der Waals surface area (Å²) in [5, 5.41) is 10.4. The maximum absolute atomic E-state index is 13.1. The van der Waals surface area contributed by atoms with Crippen LogP contribution in [0.2, 0.25) is 0 Å². The number of carbonyl (C=O) groups is 3. The van der Waals surface area contributed by atoms with Crippen LogP contribution < -0.4 is 16.8 Å². The topological polar surface area (TPSA) is 168 Å². The number of rotatable bonds is 5. The van der Waals surface area contributed by atoms with Gasteiger partial charge in [0.1, 0.15) is 17.6 Å². The molecule has 3 amide bonds. The molecule has 0 saturated carbocycles. The molecule has 11 heteroatoms. The third-order valence-corrected chi connectivity index (χ3v) is 8.35. The van der Waals surface area contributed by atoms with Crippen LogP contribution in [-0.2, 0) is 27.4 Å². The molecule has 6 rings (SSSR count). The molecule has 1 aromatic heterocycles. The monoisotopic (exact) mass is 517 g/mol. The number of ether oxygens (including phenoxy) is 1. The van der Waals surface area contributed by atoms with Crippen LogP contribution in [0.1, 0.15) is 52.9 Å². The number of pyridine rings is 1. The second-order valence-corrected chi connectivity index (χ2v) is 10.9. The molecule has 3 saturated heterocycles. The number of nitrogens with zero attached hydrogens (tertiary/aromatic N) is 3. The Morgan fingerprint density at radius 1 is 1.18 bits per heavy atom. The number of piperidine rings is 2. The molecule has 4 aliphatic rings. The second-order valence-electron chi connectivity index (χ2n) is 10.9. The van der Waals surface area contributed by atoms with Crippen LogP contribution in [0.3, 0.4) is 0 Å². The number of anilines is 1. The van der Waals surface area contributed by atoms with E-state index in [1.165, 1.54) is 4.90 Å². The van der Waals surface area contributed by atoms with Crippen molar-refractivity contribution >= 4 is 29.2 Å². The van der Waals surface area contributed by atoms with Gasteiger partial charge in [-0.15, -0.1) is 0 Å². The molecule has 1 unspecified atom stereocenters. The van der Waals surface area contributed by atoms with Crippen molar-refractivity contribution in [3.63, 3.8) is 0 Å². The molecular formula is C27H31N7O4. The van der Waals surface area contributed by atoms with Gasteiger partial charge in [0.15, 0.2) is 0 Å². The highest BCUT2D eigenvalue weighted by molar-refractivity contribution is 6.05. The summed E-state index contributed by atoms with van der Waals surface area (Å²) in [6.07, 6.45) is 2.70. The highest BCUT2D eigenvalue weighted by Gasteiger charge is 2.41. The zero-order valence-corrected chi connectivity index (χ0v) is 21.1. The summed E-state index contributed by atoms with van der Waals surface area (Å²) in [6.45, 7) is 4.50. The predicted molar refractivity (Wildman–Crippen MR) is 139 cm³/mol. The number of nitrogens with one attached hydrogen (secondary N) is 2. The summed E-state index contributed by atoms with van der Waals surface area (Å²) in [5.74, 6) is -1.18. The van der Waals surface area contributed by atoms with Crippen LogP contribution in [0.25, 0.3) is 11.3 Å². The lowest BCUT2D eigenvalue weighted by molar-refractivity contribution is -0.140. The van der Waals surface area contributed by atoms with Crippen molar-refractivity contribution in [3.05, 3.63) is 46.6 Å². The molecule has 6 N–H and O–H groups in total. The molecule has 0 bridgehead atoms. The van der Waals surface area contributed by atoms with Gasteiger partial charge in [-0.1, -0.05) is 6.07 Å². The van der Waals surface area contributed by atoms with E-state index in [1.54, 1.807) is 6.07 Å². The number of fused-ring (bicyclic) bond motifs is 1. The number of imide groups is 1. The van der Waals surface area contributed by atoms with Gasteiger partial charge in [-0.3, -0.25) is 30.0 Å². The van der Waals surface area contributed by atoms with E-state index in [2.05, 4.69) is 15.2 Å². The minimum atomic E-state index is -0.670. The fraction of sp³-hybridized carbons (Fsp3) is 0.444. The van der Waals surface area contributed by atoms with E-state index in [4.69, 9.17) is 21.6 Å². The molecular weight excluding hydrogens is 486 g/mol. The molecule has 4 aliphatic heterocycles. The van der Waals surface area contributed by atoms with E-state index in [9.17, 15) is 14.4 Å². The third-order valence-electron chi connectivity index (χ3n) is 8.35. The van der Waals surface area contributed by atoms with Gasteiger partial charge in [0.05, 0.1) is 24.6 Å². The Labute approximate surface area is 220 Å². The van der Waals surface area contributed by atoms with Crippen molar-refractivity contribution in [2.24, 2.45) is 11.1 Å². The van der Waals surface area contributed by atoms with Gasteiger partial charge in [0.25, 0.3) is 5.91 Å². The minimum Gasteiger partial charge on any atom is -0.397 e. The van der Waals surface area contributed by atoms with E-state index in [1.807, 2.05) is 18.2 Å². The van der Waals surface area contributed by atoms with E-state index in [-0.39, 0.29) is 36.3 Å². The Morgan fingerprint density at radius 3 is 2.61 bits per heavy atom. The number of aromatic nitrogens is 1. The van der Waals surface area contributed by atoms with Crippen molar-refractivity contribution in [2.75, 3.05) is 32.0 Å². The zero-order chi connectivity index (χ0) is 26.6. The van der Waals surface area contributed by atoms with Gasteiger partial charge in [0.2, 0.25) is 11.8 Å². The number of likely N-dealkylation sites (tertiary alicyclic amines) is 1. The lowest BCUT2D eigenvalue weighted by atomic mass is 9.77. The number of amidine groups is 1. The first-order valence-electron chi connectivity index (χ1n) is 12.9. The molecule has 1 spiro atoms. The van der Waals surface area contributed by atoms with Gasteiger partial charge in [-0.05, 0) is 61.7 Å². The predicted octanol–water partition coefficient (Wildman–Crippen LogP) is 0.988. The maximum Gasteiger partial charge on any atom is 0.255 e. The standard InChI is InChI=1S/C27H31N7O4/c28-22-17(11-33-7-5-27(6-8-33)13-38-14-27)10-19(31-23(22)24(29)30)15-1-2-18-16(9-15)12-34(26(18)37)20-3-4-21(35)32-25(20)36/h1-2,9-10,20H,3-8,11-14,28H2,(H3,29,30)(H,32,35,36).